The Balaban J connectivity index is 0.933. The lowest BCUT2D eigenvalue weighted by Crippen LogP contribution is -1.96. The fourth-order valence-corrected chi connectivity index (χ4v) is 10.2. The third-order valence-electron chi connectivity index (χ3n) is 12.3. The average molecular weight is 846 g/mol. The molecule has 0 radical (unpaired) electrons. The Labute approximate surface area is 381 Å². The first-order valence-corrected chi connectivity index (χ1v) is 22.7. The van der Waals surface area contributed by atoms with Crippen LogP contribution in [0.2, 0.25) is 0 Å². The Morgan fingerprint density at radius 3 is 1.35 bits per heavy atom. The van der Waals surface area contributed by atoms with Crippen molar-refractivity contribution >= 4 is 42.4 Å². The van der Waals surface area contributed by atoms with Crippen LogP contribution in [0.3, 0.4) is 0 Å². The molecule has 0 bridgehead atoms. The summed E-state index contributed by atoms with van der Waals surface area (Å²) >= 11 is 1.82. The number of aromatic nitrogens is 3. The Morgan fingerprint density at radius 2 is 0.738 bits per heavy atom. The van der Waals surface area contributed by atoms with Crippen molar-refractivity contribution in [3.63, 3.8) is 0 Å². The molecule has 304 valence electrons. The molecule has 0 fully saturated rings. The van der Waals surface area contributed by atoms with Crippen molar-refractivity contribution in [3.05, 3.63) is 237 Å². The number of thiophene rings is 1. The van der Waals surface area contributed by atoms with Crippen molar-refractivity contribution in [1.82, 2.24) is 15.0 Å². The molecule has 3 heterocycles. The van der Waals surface area contributed by atoms with Crippen LogP contribution in [0.25, 0.3) is 121 Å². The lowest BCUT2D eigenvalue weighted by molar-refractivity contribution is 1.18. The smallest absolute Gasteiger partial charge is 0.160 e. The van der Waals surface area contributed by atoms with Crippen LogP contribution >= 0.6 is 11.3 Å². The van der Waals surface area contributed by atoms with Gasteiger partial charge in [0.2, 0.25) is 0 Å². The summed E-state index contributed by atoms with van der Waals surface area (Å²) < 4.78 is 2.46. The summed E-state index contributed by atoms with van der Waals surface area (Å²) in [5.41, 5.74) is 17.1. The number of rotatable bonds is 8. The van der Waals surface area contributed by atoms with Gasteiger partial charge in [-0.1, -0.05) is 218 Å². The molecule has 0 spiro atoms. The van der Waals surface area contributed by atoms with Gasteiger partial charge in [0, 0.05) is 48.7 Å². The third kappa shape index (κ3) is 7.26. The van der Waals surface area contributed by atoms with E-state index in [9.17, 15) is 0 Å². The Kier molecular flexibility index (Phi) is 9.70. The number of para-hydroxylation sites is 1. The third-order valence-corrected chi connectivity index (χ3v) is 13.5. The van der Waals surface area contributed by atoms with Gasteiger partial charge in [-0.2, -0.15) is 0 Å². The normalized spacial score (nSPS) is 11.4. The molecule has 0 aliphatic carbocycles. The molecule has 12 aromatic rings. The second-order valence-corrected chi connectivity index (χ2v) is 17.4. The maximum Gasteiger partial charge on any atom is 0.160 e. The predicted octanol–water partition coefficient (Wildman–Crippen LogP) is 16.7. The van der Waals surface area contributed by atoms with E-state index in [1.54, 1.807) is 0 Å². The number of fused-ring (bicyclic) bond motifs is 5. The second-order valence-electron chi connectivity index (χ2n) is 16.3. The number of pyridine rings is 1. The highest BCUT2D eigenvalue weighted by Crippen LogP contribution is 2.45. The highest BCUT2D eigenvalue weighted by Gasteiger charge is 2.19. The molecular weight excluding hydrogens is 807 g/mol. The Bertz CT molecular complexity index is 3560. The maximum absolute atomic E-state index is 5.53. The lowest BCUT2D eigenvalue weighted by atomic mass is 9.96. The van der Waals surface area contributed by atoms with E-state index in [-0.39, 0.29) is 0 Å². The summed E-state index contributed by atoms with van der Waals surface area (Å²) in [6, 6.07) is 83.8. The van der Waals surface area contributed by atoms with Gasteiger partial charge in [-0.25, -0.2) is 15.0 Å². The van der Waals surface area contributed by atoms with Gasteiger partial charge in [0.15, 0.2) is 5.82 Å². The van der Waals surface area contributed by atoms with Crippen molar-refractivity contribution in [2.75, 3.05) is 0 Å². The SMILES string of the molecule is c1ccc(-c2ccc(-c3cc(-c4ccc(-c5ccccc5)cc4)nc(-c4ccc(-c5cccc(-c6nc7c(-c8ccccc8)cccc7c7c6sc6ccccc67)c5)cc4)n3)cc2)cc1. The fraction of sp³-hybridized carbons (Fsp3) is 0. The van der Waals surface area contributed by atoms with E-state index in [0.717, 1.165) is 67.1 Å². The van der Waals surface area contributed by atoms with Crippen LogP contribution in [0.15, 0.2) is 237 Å². The van der Waals surface area contributed by atoms with Gasteiger partial charge >= 0.3 is 0 Å². The molecule has 0 saturated heterocycles. The van der Waals surface area contributed by atoms with Gasteiger partial charge < -0.3 is 0 Å². The zero-order valence-corrected chi connectivity index (χ0v) is 36.1. The van der Waals surface area contributed by atoms with Crippen molar-refractivity contribution in [3.8, 4) is 89.7 Å². The molecule has 0 unspecified atom stereocenters. The summed E-state index contributed by atoms with van der Waals surface area (Å²) in [7, 11) is 0. The molecule has 12 rings (SSSR count). The zero-order valence-electron chi connectivity index (χ0n) is 35.3. The summed E-state index contributed by atoms with van der Waals surface area (Å²) in [6.07, 6.45) is 0. The van der Waals surface area contributed by atoms with E-state index in [4.69, 9.17) is 15.0 Å². The van der Waals surface area contributed by atoms with E-state index >= 15 is 0 Å². The topological polar surface area (TPSA) is 38.7 Å². The van der Waals surface area contributed by atoms with Crippen LogP contribution in [0.1, 0.15) is 0 Å². The van der Waals surface area contributed by atoms with Gasteiger partial charge in [-0.3, -0.25) is 0 Å². The molecule has 9 aromatic carbocycles. The van der Waals surface area contributed by atoms with Gasteiger partial charge in [0.25, 0.3) is 0 Å². The molecule has 3 aromatic heterocycles. The first-order valence-electron chi connectivity index (χ1n) is 21.9. The highest BCUT2D eigenvalue weighted by molar-refractivity contribution is 7.26. The van der Waals surface area contributed by atoms with Crippen LogP contribution in [0, 0.1) is 0 Å². The molecule has 4 heteroatoms. The maximum atomic E-state index is 5.53. The fourth-order valence-electron chi connectivity index (χ4n) is 9.01. The molecule has 0 atom stereocenters. The van der Waals surface area contributed by atoms with E-state index < -0.39 is 0 Å². The van der Waals surface area contributed by atoms with Gasteiger partial charge in [0.05, 0.1) is 27.3 Å². The largest absolute Gasteiger partial charge is 0.246 e. The number of hydrogen-bond donors (Lipinski definition) is 0. The van der Waals surface area contributed by atoms with Gasteiger partial charge in [0.1, 0.15) is 0 Å². The van der Waals surface area contributed by atoms with Crippen LogP contribution < -0.4 is 0 Å². The number of benzene rings is 9. The van der Waals surface area contributed by atoms with E-state index in [1.165, 1.54) is 47.8 Å². The molecule has 0 aliphatic heterocycles. The van der Waals surface area contributed by atoms with Gasteiger partial charge in [-0.05, 0) is 57.1 Å². The van der Waals surface area contributed by atoms with E-state index in [0.29, 0.717) is 5.82 Å². The molecule has 0 aliphatic rings. The second kappa shape index (κ2) is 16.4. The molecular formula is C61H39N3S. The van der Waals surface area contributed by atoms with Crippen LogP contribution in [-0.4, -0.2) is 15.0 Å². The summed E-state index contributed by atoms with van der Waals surface area (Å²) in [6.45, 7) is 0. The minimum atomic E-state index is 0.679. The van der Waals surface area contributed by atoms with E-state index in [2.05, 4.69) is 224 Å². The summed E-state index contributed by atoms with van der Waals surface area (Å²) in [5.74, 6) is 0.679. The summed E-state index contributed by atoms with van der Waals surface area (Å²) in [4.78, 5) is 15.9. The van der Waals surface area contributed by atoms with Crippen molar-refractivity contribution < 1.29 is 0 Å². The minimum Gasteiger partial charge on any atom is -0.246 e. The molecule has 3 nitrogen and oxygen atoms in total. The molecule has 65 heavy (non-hydrogen) atoms. The lowest BCUT2D eigenvalue weighted by Gasteiger charge is -2.13. The molecule has 0 N–H and O–H groups in total. The van der Waals surface area contributed by atoms with Crippen molar-refractivity contribution in [2.24, 2.45) is 0 Å². The predicted molar refractivity (Wildman–Crippen MR) is 274 cm³/mol. The van der Waals surface area contributed by atoms with Gasteiger partial charge in [-0.15, -0.1) is 11.3 Å². The van der Waals surface area contributed by atoms with Crippen molar-refractivity contribution in [2.45, 2.75) is 0 Å². The Hall–Kier alpha value is -8.31. The number of nitrogens with zero attached hydrogens (tertiary/aromatic N) is 3. The minimum absolute atomic E-state index is 0.679. The first-order chi connectivity index (χ1) is 32.2. The van der Waals surface area contributed by atoms with Crippen molar-refractivity contribution in [1.29, 1.82) is 0 Å². The summed E-state index contributed by atoms with van der Waals surface area (Å²) in [5, 5.41) is 3.71. The quantitative estimate of drug-likeness (QED) is 0.153. The van der Waals surface area contributed by atoms with Crippen LogP contribution in [-0.2, 0) is 0 Å². The van der Waals surface area contributed by atoms with Crippen LogP contribution in [0.5, 0.6) is 0 Å². The van der Waals surface area contributed by atoms with Crippen LogP contribution in [0.4, 0.5) is 0 Å². The highest BCUT2D eigenvalue weighted by atomic mass is 32.1. The zero-order chi connectivity index (χ0) is 43.1. The standard InChI is InChI=1S/C61H39N3S/c1-4-14-40(15-5-1)42-26-32-46(33-27-42)54-39-55(47-34-28-43(29-35-47)41-16-6-2-7-17-41)63-61(62-54)48-36-30-44(31-37-48)49-20-12-21-50(38-49)58-60-57(52-22-10-11-25-56(52)65-60)53-24-13-23-51(59(53)64-58)45-18-8-3-9-19-45/h1-39H. The monoisotopic (exact) mass is 845 g/mol. The molecule has 0 amide bonds. The average Bonchev–Trinajstić information content (AvgIpc) is 3.79. The molecule has 0 saturated carbocycles. The first kappa shape index (κ1) is 38.4. The number of hydrogen-bond acceptors (Lipinski definition) is 4. The Morgan fingerprint density at radius 1 is 0.292 bits per heavy atom. The van der Waals surface area contributed by atoms with E-state index in [1.807, 2.05) is 23.5 Å².